The van der Waals surface area contributed by atoms with Gasteiger partial charge in [-0.15, -0.1) is 0 Å². The molecule has 0 spiro atoms. The second kappa shape index (κ2) is 10.6. The number of aryl methyl sites for hydroxylation is 1. The topological polar surface area (TPSA) is 64.7 Å². The van der Waals surface area contributed by atoms with Crippen LogP contribution in [0.1, 0.15) is 54.9 Å². The highest BCUT2D eigenvalue weighted by Crippen LogP contribution is 2.26. The molecule has 4 rings (SSSR count). The van der Waals surface area contributed by atoms with Gasteiger partial charge in [0.15, 0.2) is 0 Å². The van der Waals surface area contributed by atoms with E-state index in [1.807, 2.05) is 23.1 Å². The molecule has 1 atom stereocenters. The first-order chi connectivity index (χ1) is 15.6. The number of anilines is 2. The number of carbonyl (C=O) groups excluding carboxylic acids is 2. The van der Waals surface area contributed by atoms with Crippen LogP contribution >= 0.6 is 0 Å². The van der Waals surface area contributed by atoms with E-state index in [1.165, 1.54) is 24.8 Å². The Morgan fingerprint density at radius 1 is 0.969 bits per heavy atom. The van der Waals surface area contributed by atoms with Gasteiger partial charge in [0, 0.05) is 42.6 Å². The molecule has 6 nitrogen and oxygen atoms in total. The van der Waals surface area contributed by atoms with Crippen LogP contribution in [-0.2, 0) is 6.42 Å². The molecule has 3 amide bonds. The van der Waals surface area contributed by atoms with Crippen molar-refractivity contribution in [3.63, 3.8) is 0 Å². The Labute approximate surface area is 191 Å². The smallest absolute Gasteiger partial charge is 0.326 e. The van der Waals surface area contributed by atoms with Crippen LogP contribution in [0.3, 0.4) is 0 Å². The maximum atomic E-state index is 13.0. The molecular weight excluding hydrogens is 400 g/mol. The van der Waals surface area contributed by atoms with Crippen LogP contribution in [0.25, 0.3) is 0 Å². The fourth-order valence-electron chi connectivity index (χ4n) is 4.70. The summed E-state index contributed by atoms with van der Waals surface area (Å²) in [4.78, 5) is 29.7. The number of rotatable bonds is 5. The highest BCUT2D eigenvalue weighted by Gasteiger charge is 2.21. The van der Waals surface area contributed by atoms with Crippen LogP contribution in [0.4, 0.5) is 16.2 Å². The van der Waals surface area contributed by atoms with E-state index in [4.69, 9.17) is 0 Å². The number of hydrogen-bond acceptors (Lipinski definition) is 3. The van der Waals surface area contributed by atoms with Crippen LogP contribution in [0, 0.1) is 0 Å². The Hall–Kier alpha value is -2.86. The quantitative estimate of drug-likeness (QED) is 0.719. The fourth-order valence-corrected chi connectivity index (χ4v) is 4.70. The first-order valence-electron chi connectivity index (χ1n) is 11.9. The van der Waals surface area contributed by atoms with Gasteiger partial charge in [-0.1, -0.05) is 24.6 Å². The van der Waals surface area contributed by atoms with Gasteiger partial charge < -0.3 is 10.6 Å². The summed E-state index contributed by atoms with van der Waals surface area (Å²) in [6.07, 6.45) is 6.86. The monoisotopic (exact) mass is 434 g/mol. The summed E-state index contributed by atoms with van der Waals surface area (Å²) in [6.45, 7) is 5.62. The average molecular weight is 435 g/mol. The van der Waals surface area contributed by atoms with Crippen LogP contribution in [0.5, 0.6) is 0 Å². The van der Waals surface area contributed by atoms with Gasteiger partial charge >= 0.3 is 6.03 Å². The number of urea groups is 1. The third-order valence-electron chi connectivity index (χ3n) is 6.63. The van der Waals surface area contributed by atoms with Crippen molar-refractivity contribution in [2.45, 2.75) is 51.5 Å². The van der Waals surface area contributed by atoms with E-state index in [9.17, 15) is 9.59 Å². The highest BCUT2D eigenvalue weighted by atomic mass is 16.2. The maximum Gasteiger partial charge on any atom is 0.326 e. The Morgan fingerprint density at radius 2 is 1.75 bits per heavy atom. The minimum absolute atomic E-state index is 0.0750. The average Bonchev–Trinajstić information content (AvgIpc) is 3.03. The van der Waals surface area contributed by atoms with Gasteiger partial charge in [-0.05, 0) is 81.5 Å². The Bertz CT molecular complexity index is 928. The summed E-state index contributed by atoms with van der Waals surface area (Å²) >= 11 is 0. The van der Waals surface area contributed by atoms with Crippen molar-refractivity contribution in [2.24, 2.45) is 0 Å². The molecule has 0 aromatic heterocycles. The Morgan fingerprint density at radius 3 is 2.56 bits per heavy atom. The lowest BCUT2D eigenvalue weighted by Gasteiger charge is -2.33. The van der Waals surface area contributed by atoms with Gasteiger partial charge in [-0.3, -0.25) is 14.6 Å². The third-order valence-corrected chi connectivity index (χ3v) is 6.63. The Kier molecular flexibility index (Phi) is 7.43. The number of benzene rings is 2. The van der Waals surface area contributed by atoms with Crippen molar-refractivity contribution in [1.29, 1.82) is 0 Å². The number of hydrogen-bond donors (Lipinski definition) is 2. The van der Waals surface area contributed by atoms with Crippen molar-refractivity contribution in [2.75, 3.05) is 36.4 Å². The zero-order valence-electron chi connectivity index (χ0n) is 19.0. The lowest BCUT2D eigenvalue weighted by atomic mass is 10.0. The van der Waals surface area contributed by atoms with Crippen LogP contribution in [-0.4, -0.2) is 49.1 Å². The molecule has 1 saturated heterocycles. The molecule has 0 aliphatic carbocycles. The van der Waals surface area contributed by atoms with E-state index in [0.29, 0.717) is 30.4 Å². The number of nitrogens with zero attached hydrogens (tertiary/aromatic N) is 2. The number of likely N-dealkylation sites (tertiary alicyclic amines) is 1. The van der Waals surface area contributed by atoms with Gasteiger partial charge in [-0.25, -0.2) is 4.79 Å². The number of carbonyl (C=O) groups is 2. The lowest BCUT2D eigenvalue weighted by Crippen LogP contribution is -2.42. The van der Waals surface area contributed by atoms with Crippen LogP contribution in [0.15, 0.2) is 48.5 Å². The van der Waals surface area contributed by atoms with E-state index in [2.05, 4.69) is 28.5 Å². The minimum atomic E-state index is -0.132. The summed E-state index contributed by atoms with van der Waals surface area (Å²) < 4.78 is 0. The predicted molar refractivity (Wildman–Crippen MR) is 129 cm³/mol. The molecule has 2 aliphatic heterocycles. The molecule has 0 radical (unpaired) electrons. The molecule has 2 aliphatic rings. The molecular formula is C26H34N4O2. The normalized spacial score (nSPS) is 19.0. The standard InChI is InChI=1S/C26H34N4O2/c1-20-8-4-6-17-29(20)19-16-27-25(31)22-12-14-23(15-13-22)28-26(32)30-18-7-5-10-21-9-2-3-11-24(21)30/h2-3,9,11-15,20H,4-8,10,16-19H2,1H3,(H,27,31)(H,28,32). The van der Waals surface area contributed by atoms with Gasteiger partial charge in [0.2, 0.25) is 0 Å². The second-order valence-electron chi connectivity index (χ2n) is 8.88. The molecule has 1 fully saturated rings. The summed E-state index contributed by atoms with van der Waals surface area (Å²) in [5, 5.41) is 6.01. The number of nitrogens with one attached hydrogen (secondary N) is 2. The summed E-state index contributed by atoms with van der Waals surface area (Å²) in [5.74, 6) is -0.0750. The maximum absolute atomic E-state index is 13.0. The largest absolute Gasteiger partial charge is 0.351 e. The van der Waals surface area contributed by atoms with Gasteiger partial charge in [0.1, 0.15) is 0 Å². The predicted octanol–water partition coefficient (Wildman–Crippen LogP) is 4.67. The van der Waals surface area contributed by atoms with Crippen molar-refractivity contribution < 1.29 is 9.59 Å². The molecule has 1 unspecified atom stereocenters. The zero-order valence-corrected chi connectivity index (χ0v) is 19.0. The molecule has 2 aromatic rings. The molecule has 32 heavy (non-hydrogen) atoms. The highest BCUT2D eigenvalue weighted by molar-refractivity contribution is 6.02. The van der Waals surface area contributed by atoms with E-state index < -0.39 is 0 Å². The molecule has 2 N–H and O–H groups in total. The SMILES string of the molecule is CC1CCCCN1CCNC(=O)c1ccc(NC(=O)N2CCCCc3ccccc32)cc1. The molecule has 0 bridgehead atoms. The molecule has 2 aromatic carbocycles. The molecule has 170 valence electrons. The fraction of sp³-hybridized carbons (Fsp3) is 0.462. The molecule has 2 heterocycles. The number of fused-ring (bicyclic) bond motifs is 1. The van der Waals surface area contributed by atoms with Crippen molar-refractivity contribution in [1.82, 2.24) is 10.2 Å². The zero-order chi connectivity index (χ0) is 22.3. The number of para-hydroxylation sites is 1. The van der Waals surface area contributed by atoms with Crippen molar-refractivity contribution >= 4 is 23.3 Å². The number of amides is 3. The summed E-state index contributed by atoms with van der Waals surface area (Å²) in [5.41, 5.74) is 3.50. The Balaban J connectivity index is 1.30. The minimum Gasteiger partial charge on any atom is -0.351 e. The second-order valence-corrected chi connectivity index (χ2v) is 8.88. The summed E-state index contributed by atoms with van der Waals surface area (Å²) in [7, 11) is 0. The number of piperidine rings is 1. The van der Waals surface area contributed by atoms with E-state index in [-0.39, 0.29) is 11.9 Å². The first kappa shape index (κ1) is 22.3. The first-order valence-corrected chi connectivity index (χ1v) is 11.9. The van der Waals surface area contributed by atoms with E-state index in [0.717, 1.165) is 38.0 Å². The van der Waals surface area contributed by atoms with Gasteiger partial charge in [0.05, 0.1) is 0 Å². The summed E-state index contributed by atoms with van der Waals surface area (Å²) in [6, 6.07) is 15.7. The lowest BCUT2D eigenvalue weighted by molar-refractivity contribution is 0.0938. The van der Waals surface area contributed by atoms with Gasteiger partial charge in [-0.2, -0.15) is 0 Å². The van der Waals surface area contributed by atoms with Crippen LogP contribution in [0.2, 0.25) is 0 Å². The van der Waals surface area contributed by atoms with E-state index >= 15 is 0 Å². The third kappa shape index (κ3) is 5.49. The molecule has 0 saturated carbocycles. The van der Waals surface area contributed by atoms with Crippen LogP contribution < -0.4 is 15.5 Å². The van der Waals surface area contributed by atoms with Crippen molar-refractivity contribution in [3.8, 4) is 0 Å². The van der Waals surface area contributed by atoms with Gasteiger partial charge in [0.25, 0.3) is 5.91 Å². The molecule has 6 heteroatoms. The van der Waals surface area contributed by atoms with E-state index in [1.54, 1.807) is 24.3 Å². The van der Waals surface area contributed by atoms with Crippen molar-refractivity contribution in [3.05, 3.63) is 59.7 Å².